The number of aromatic nitrogens is 2. The number of hydrogen-bond donors (Lipinski definition) is 1. The number of thiophene rings is 1. The van der Waals surface area contributed by atoms with Crippen LogP contribution in [0.2, 0.25) is 0 Å². The van der Waals surface area contributed by atoms with Gasteiger partial charge in [-0.25, -0.2) is 4.98 Å². The Kier molecular flexibility index (Phi) is 3.84. The molecule has 0 saturated heterocycles. The van der Waals surface area contributed by atoms with E-state index < -0.39 is 0 Å². The topological polar surface area (TPSA) is 67.5 Å². The minimum absolute atomic E-state index is 0.0941. The van der Waals surface area contributed by atoms with Crippen LogP contribution < -0.4 is 5.56 Å². The summed E-state index contributed by atoms with van der Waals surface area (Å²) in [6.07, 6.45) is 2.83. The molecule has 1 N–H and O–H groups in total. The van der Waals surface area contributed by atoms with Gasteiger partial charge >= 0.3 is 0 Å². The number of rotatable bonds is 2. The molecule has 1 aromatic carbocycles. The van der Waals surface area contributed by atoms with Gasteiger partial charge in [0, 0.05) is 14.9 Å². The van der Waals surface area contributed by atoms with Gasteiger partial charge in [-0.3, -0.25) is 4.79 Å². The molecule has 0 atom stereocenters. The maximum absolute atomic E-state index is 12.5. The first-order chi connectivity index (χ1) is 10.5. The predicted molar refractivity (Wildman–Crippen MR) is 92.2 cm³/mol. The summed E-state index contributed by atoms with van der Waals surface area (Å²) < 4.78 is 2.00. The Balaban J connectivity index is 2.09. The van der Waals surface area contributed by atoms with Gasteiger partial charge in [-0.05, 0) is 37.6 Å². The zero-order chi connectivity index (χ0) is 15.9. The van der Waals surface area contributed by atoms with Gasteiger partial charge in [0.1, 0.15) is 16.9 Å². The maximum atomic E-state index is 12.5. The van der Waals surface area contributed by atoms with E-state index in [-0.39, 0.29) is 11.3 Å². The van der Waals surface area contributed by atoms with Crippen molar-refractivity contribution >= 4 is 43.7 Å². The summed E-state index contributed by atoms with van der Waals surface area (Å²) in [4.78, 5) is 18.5. The van der Waals surface area contributed by atoms with Crippen molar-refractivity contribution < 1.29 is 5.11 Å². The van der Waals surface area contributed by atoms with E-state index in [2.05, 4.69) is 26.0 Å². The third-order valence-corrected chi connectivity index (χ3v) is 4.99. The van der Waals surface area contributed by atoms with Crippen LogP contribution in [0.15, 0.2) is 38.9 Å². The first-order valence-electron chi connectivity index (χ1n) is 6.47. The number of phenolic OH excluding ortho intramolecular Hbond substituents is 1. The van der Waals surface area contributed by atoms with Crippen LogP contribution in [0.3, 0.4) is 0 Å². The molecule has 0 radical (unpaired) electrons. The molecule has 0 aliphatic carbocycles. The van der Waals surface area contributed by atoms with Crippen molar-refractivity contribution in [1.29, 1.82) is 0 Å². The van der Waals surface area contributed by atoms with Crippen LogP contribution in [-0.2, 0) is 0 Å². The average molecular weight is 378 g/mol. The standard InChI is InChI=1S/C15H12BrN3O2S/c1-8-9(2)22-14-13(8)15(21)19(7-17-14)18-6-10-5-11(16)3-4-12(10)20/h3-7,20H,1-2H3/b18-6+. The number of halogens is 1. The summed E-state index contributed by atoms with van der Waals surface area (Å²) in [6, 6.07) is 5.00. The zero-order valence-electron chi connectivity index (χ0n) is 11.9. The highest BCUT2D eigenvalue weighted by Crippen LogP contribution is 2.25. The van der Waals surface area contributed by atoms with Crippen LogP contribution in [0.4, 0.5) is 0 Å². The minimum Gasteiger partial charge on any atom is -0.507 e. The van der Waals surface area contributed by atoms with E-state index in [1.807, 2.05) is 13.8 Å². The number of phenols is 1. The van der Waals surface area contributed by atoms with Crippen molar-refractivity contribution in [2.24, 2.45) is 5.10 Å². The maximum Gasteiger partial charge on any atom is 0.282 e. The van der Waals surface area contributed by atoms with Gasteiger partial charge < -0.3 is 5.11 Å². The molecule has 3 rings (SSSR count). The van der Waals surface area contributed by atoms with Crippen LogP contribution in [0.5, 0.6) is 5.75 Å². The van der Waals surface area contributed by atoms with Crippen molar-refractivity contribution in [1.82, 2.24) is 9.66 Å². The van der Waals surface area contributed by atoms with Crippen LogP contribution in [0.25, 0.3) is 10.2 Å². The summed E-state index contributed by atoms with van der Waals surface area (Å²) in [5, 5.41) is 14.5. The second kappa shape index (κ2) is 5.66. The number of aromatic hydroxyl groups is 1. The lowest BCUT2D eigenvalue weighted by atomic mass is 10.2. The Bertz CT molecular complexity index is 959. The first-order valence-corrected chi connectivity index (χ1v) is 8.08. The Morgan fingerprint density at radius 3 is 2.95 bits per heavy atom. The van der Waals surface area contributed by atoms with Crippen LogP contribution >= 0.6 is 27.3 Å². The lowest BCUT2D eigenvalue weighted by Gasteiger charge is -2.01. The van der Waals surface area contributed by atoms with Gasteiger partial charge in [0.15, 0.2) is 0 Å². The van der Waals surface area contributed by atoms with E-state index in [0.717, 1.165) is 19.7 Å². The first kappa shape index (κ1) is 14.9. The molecule has 0 unspecified atom stereocenters. The molecule has 5 nitrogen and oxygen atoms in total. The lowest BCUT2D eigenvalue weighted by molar-refractivity contribution is 0.474. The third-order valence-electron chi connectivity index (χ3n) is 3.38. The normalized spacial score (nSPS) is 11.6. The molecular formula is C15H12BrN3O2S. The molecule has 2 heterocycles. The van der Waals surface area contributed by atoms with E-state index in [0.29, 0.717) is 10.9 Å². The number of aryl methyl sites for hydroxylation is 2. The molecule has 0 aliphatic rings. The van der Waals surface area contributed by atoms with Crippen LogP contribution in [0.1, 0.15) is 16.0 Å². The number of nitrogens with zero attached hydrogens (tertiary/aromatic N) is 3. The Morgan fingerprint density at radius 2 is 2.18 bits per heavy atom. The summed E-state index contributed by atoms with van der Waals surface area (Å²) >= 11 is 4.83. The van der Waals surface area contributed by atoms with Crippen molar-refractivity contribution in [3.8, 4) is 5.75 Å². The van der Waals surface area contributed by atoms with E-state index in [9.17, 15) is 9.90 Å². The van der Waals surface area contributed by atoms with Crippen molar-refractivity contribution in [2.45, 2.75) is 13.8 Å². The molecule has 112 valence electrons. The third kappa shape index (κ3) is 2.57. The average Bonchev–Trinajstić information content (AvgIpc) is 2.77. The van der Waals surface area contributed by atoms with Crippen LogP contribution in [-0.4, -0.2) is 21.0 Å². The van der Waals surface area contributed by atoms with Crippen molar-refractivity contribution in [3.63, 3.8) is 0 Å². The summed E-state index contributed by atoms with van der Waals surface area (Å²) in [7, 11) is 0. The molecular weight excluding hydrogens is 366 g/mol. The molecule has 22 heavy (non-hydrogen) atoms. The SMILES string of the molecule is Cc1sc2ncn(/N=C/c3cc(Br)ccc3O)c(=O)c2c1C. The van der Waals surface area contributed by atoms with Gasteiger partial charge in [0.05, 0.1) is 11.6 Å². The fourth-order valence-electron chi connectivity index (χ4n) is 2.06. The van der Waals surface area contributed by atoms with Gasteiger partial charge in [0.2, 0.25) is 0 Å². The quantitative estimate of drug-likeness (QED) is 0.695. The lowest BCUT2D eigenvalue weighted by Crippen LogP contribution is -2.16. The highest BCUT2D eigenvalue weighted by atomic mass is 79.9. The number of benzene rings is 1. The zero-order valence-corrected chi connectivity index (χ0v) is 14.3. The molecule has 2 aromatic heterocycles. The second-order valence-electron chi connectivity index (χ2n) is 4.81. The molecule has 0 bridgehead atoms. The van der Waals surface area contributed by atoms with E-state index in [1.54, 1.807) is 18.2 Å². The minimum atomic E-state index is -0.211. The molecule has 0 fully saturated rings. The summed E-state index contributed by atoms with van der Waals surface area (Å²) in [5.41, 5.74) is 1.24. The van der Waals surface area contributed by atoms with E-state index in [1.165, 1.54) is 28.6 Å². The fraction of sp³-hybridized carbons (Fsp3) is 0.133. The predicted octanol–water partition coefficient (Wildman–Crippen LogP) is 3.43. The summed E-state index contributed by atoms with van der Waals surface area (Å²) in [6.45, 7) is 3.87. The van der Waals surface area contributed by atoms with Crippen molar-refractivity contribution in [3.05, 3.63) is 55.4 Å². The van der Waals surface area contributed by atoms with Crippen LogP contribution in [0, 0.1) is 13.8 Å². The molecule has 7 heteroatoms. The molecule has 0 aliphatic heterocycles. The van der Waals surface area contributed by atoms with Gasteiger partial charge in [0.25, 0.3) is 5.56 Å². The Labute approximate surface area is 138 Å². The van der Waals surface area contributed by atoms with E-state index in [4.69, 9.17) is 0 Å². The monoisotopic (exact) mass is 377 g/mol. The smallest absolute Gasteiger partial charge is 0.282 e. The second-order valence-corrected chi connectivity index (χ2v) is 6.92. The highest BCUT2D eigenvalue weighted by Gasteiger charge is 2.11. The van der Waals surface area contributed by atoms with Gasteiger partial charge in [-0.15, -0.1) is 11.3 Å². The molecule has 0 saturated carbocycles. The number of hydrogen-bond acceptors (Lipinski definition) is 5. The largest absolute Gasteiger partial charge is 0.507 e. The molecule has 3 aromatic rings. The highest BCUT2D eigenvalue weighted by molar-refractivity contribution is 9.10. The number of fused-ring (bicyclic) bond motifs is 1. The van der Waals surface area contributed by atoms with Gasteiger partial charge in [-0.1, -0.05) is 15.9 Å². The van der Waals surface area contributed by atoms with E-state index >= 15 is 0 Å². The van der Waals surface area contributed by atoms with Gasteiger partial charge in [-0.2, -0.15) is 9.78 Å². The summed E-state index contributed by atoms with van der Waals surface area (Å²) in [5.74, 6) is 0.0941. The fourth-order valence-corrected chi connectivity index (χ4v) is 3.43. The molecule has 0 amide bonds. The Morgan fingerprint density at radius 1 is 1.41 bits per heavy atom. The molecule has 0 spiro atoms. The van der Waals surface area contributed by atoms with Crippen molar-refractivity contribution in [2.75, 3.05) is 0 Å². The Hall–Kier alpha value is -1.99.